The summed E-state index contributed by atoms with van der Waals surface area (Å²) in [6, 6.07) is 1.92. The van der Waals surface area contributed by atoms with Crippen molar-refractivity contribution in [3.63, 3.8) is 0 Å². The second-order valence-corrected chi connectivity index (χ2v) is 6.25. The van der Waals surface area contributed by atoms with E-state index in [1.165, 1.54) is 49.9 Å². The van der Waals surface area contributed by atoms with E-state index in [0.717, 1.165) is 15.8 Å². The van der Waals surface area contributed by atoms with Crippen LogP contribution in [0.15, 0.2) is 15.9 Å². The first kappa shape index (κ1) is 14.9. The van der Waals surface area contributed by atoms with Crippen LogP contribution in [-0.4, -0.2) is 5.78 Å². The van der Waals surface area contributed by atoms with Crippen LogP contribution in [0.2, 0.25) is 0 Å². The summed E-state index contributed by atoms with van der Waals surface area (Å²) >= 11 is 4.91. The fourth-order valence-corrected chi connectivity index (χ4v) is 3.22. The van der Waals surface area contributed by atoms with E-state index >= 15 is 0 Å². The predicted octanol–water partition coefficient (Wildman–Crippen LogP) is 5.83. The Morgan fingerprint density at radius 3 is 2.41 bits per heavy atom. The zero-order chi connectivity index (χ0) is 12.5. The van der Waals surface area contributed by atoms with Gasteiger partial charge in [0, 0.05) is 16.3 Å². The van der Waals surface area contributed by atoms with Crippen molar-refractivity contribution in [1.29, 1.82) is 0 Å². The molecule has 0 saturated heterocycles. The largest absolute Gasteiger partial charge is 0.293 e. The van der Waals surface area contributed by atoms with E-state index in [9.17, 15) is 4.79 Å². The SMILES string of the molecule is CCCCCCCCCC(=O)c1cc(Br)cs1. The normalized spacial score (nSPS) is 10.7. The van der Waals surface area contributed by atoms with Gasteiger partial charge in [-0.1, -0.05) is 45.4 Å². The van der Waals surface area contributed by atoms with Gasteiger partial charge in [-0.25, -0.2) is 0 Å². The number of rotatable bonds is 9. The van der Waals surface area contributed by atoms with Crippen molar-refractivity contribution in [3.05, 3.63) is 20.8 Å². The van der Waals surface area contributed by atoms with Gasteiger partial charge in [-0.3, -0.25) is 4.79 Å². The molecule has 0 spiro atoms. The number of hydrogen-bond acceptors (Lipinski definition) is 2. The van der Waals surface area contributed by atoms with E-state index < -0.39 is 0 Å². The molecule has 0 N–H and O–H groups in total. The van der Waals surface area contributed by atoms with E-state index in [2.05, 4.69) is 22.9 Å². The number of hydrogen-bond donors (Lipinski definition) is 0. The molecule has 96 valence electrons. The van der Waals surface area contributed by atoms with E-state index in [4.69, 9.17) is 0 Å². The Hall–Kier alpha value is -0.150. The minimum absolute atomic E-state index is 0.300. The molecule has 0 fully saturated rings. The van der Waals surface area contributed by atoms with Crippen LogP contribution in [0.25, 0.3) is 0 Å². The van der Waals surface area contributed by atoms with E-state index in [1.54, 1.807) is 0 Å². The topological polar surface area (TPSA) is 17.1 Å². The smallest absolute Gasteiger partial charge is 0.172 e. The predicted molar refractivity (Wildman–Crippen MR) is 79.0 cm³/mol. The van der Waals surface area contributed by atoms with Crippen LogP contribution in [0.3, 0.4) is 0 Å². The van der Waals surface area contributed by atoms with Gasteiger partial charge in [0.05, 0.1) is 4.88 Å². The van der Waals surface area contributed by atoms with Gasteiger partial charge in [-0.05, 0) is 28.4 Å². The summed E-state index contributed by atoms with van der Waals surface area (Å²) in [6.07, 6.45) is 9.55. The Bertz CT molecular complexity index is 333. The van der Waals surface area contributed by atoms with Crippen LogP contribution in [0.4, 0.5) is 0 Å². The van der Waals surface area contributed by atoms with Crippen LogP contribution in [0.1, 0.15) is 68.0 Å². The molecule has 1 nitrogen and oxygen atoms in total. The van der Waals surface area contributed by atoms with Gasteiger partial charge in [0.1, 0.15) is 0 Å². The molecule has 1 aromatic heterocycles. The second-order valence-electron chi connectivity index (χ2n) is 4.42. The molecule has 0 aliphatic carbocycles. The number of Topliss-reactive ketones (excluding diaryl/α,β-unsaturated/α-hetero) is 1. The summed E-state index contributed by atoms with van der Waals surface area (Å²) in [4.78, 5) is 12.7. The maximum Gasteiger partial charge on any atom is 0.172 e. The molecule has 0 aliphatic rings. The zero-order valence-electron chi connectivity index (χ0n) is 10.5. The Labute approximate surface area is 117 Å². The third-order valence-electron chi connectivity index (χ3n) is 2.85. The lowest BCUT2D eigenvalue weighted by atomic mass is 10.1. The molecular formula is C14H21BrOS. The Morgan fingerprint density at radius 1 is 1.18 bits per heavy atom. The molecule has 1 rings (SSSR count). The quantitative estimate of drug-likeness (QED) is 0.413. The van der Waals surface area contributed by atoms with Crippen LogP contribution in [0, 0.1) is 0 Å². The third-order valence-corrected chi connectivity index (χ3v) is 4.58. The molecule has 3 heteroatoms. The lowest BCUT2D eigenvalue weighted by Gasteiger charge is -2.00. The van der Waals surface area contributed by atoms with Gasteiger partial charge in [0.15, 0.2) is 5.78 Å². The van der Waals surface area contributed by atoms with Crippen LogP contribution in [-0.2, 0) is 0 Å². The molecule has 0 radical (unpaired) electrons. The maximum absolute atomic E-state index is 11.8. The van der Waals surface area contributed by atoms with Gasteiger partial charge < -0.3 is 0 Å². The second kappa shape index (κ2) is 8.87. The Kier molecular flexibility index (Phi) is 7.78. The first-order valence-corrected chi connectivity index (χ1v) is 8.18. The van der Waals surface area contributed by atoms with Gasteiger partial charge in [0.25, 0.3) is 0 Å². The van der Waals surface area contributed by atoms with Crippen molar-refractivity contribution in [1.82, 2.24) is 0 Å². The third kappa shape index (κ3) is 6.37. The molecule has 0 aliphatic heterocycles. The highest BCUT2D eigenvalue weighted by Gasteiger charge is 2.07. The number of unbranched alkanes of at least 4 members (excludes halogenated alkanes) is 6. The standard InChI is InChI=1S/C14H21BrOS/c1-2-3-4-5-6-7-8-9-13(16)14-10-12(15)11-17-14/h10-11H,2-9H2,1H3. The monoisotopic (exact) mass is 316 g/mol. The van der Waals surface area contributed by atoms with Gasteiger partial charge >= 0.3 is 0 Å². The minimum atomic E-state index is 0.300. The molecule has 1 aromatic rings. The molecule has 17 heavy (non-hydrogen) atoms. The summed E-state index contributed by atoms with van der Waals surface area (Å²) in [7, 11) is 0. The van der Waals surface area contributed by atoms with Gasteiger partial charge in [0.2, 0.25) is 0 Å². The number of thiophene rings is 1. The summed E-state index contributed by atoms with van der Waals surface area (Å²) in [5.74, 6) is 0.300. The number of halogens is 1. The highest BCUT2D eigenvalue weighted by Crippen LogP contribution is 2.22. The van der Waals surface area contributed by atoms with E-state index in [0.29, 0.717) is 12.2 Å². The average Bonchev–Trinajstić information content (AvgIpc) is 2.74. The first-order chi connectivity index (χ1) is 8.24. The molecular weight excluding hydrogens is 296 g/mol. The summed E-state index contributed by atoms with van der Waals surface area (Å²) < 4.78 is 1.02. The van der Waals surface area contributed by atoms with Crippen molar-refractivity contribution < 1.29 is 4.79 Å². The van der Waals surface area contributed by atoms with Gasteiger partial charge in [-0.15, -0.1) is 11.3 Å². The Morgan fingerprint density at radius 2 is 1.82 bits per heavy atom. The van der Waals surface area contributed by atoms with Crippen molar-refractivity contribution in [2.75, 3.05) is 0 Å². The van der Waals surface area contributed by atoms with Gasteiger partial charge in [-0.2, -0.15) is 0 Å². The van der Waals surface area contributed by atoms with Crippen molar-refractivity contribution in [3.8, 4) is 0 Å². The van der Waals surface area contributed by atoms with Crippen LogP contribution in [0.5, 0.6) is 0 Å². The van der Waals surface area contributed by atoms with Crippen molar-refractivity contribution >= 4 is 33.0 Å². The number of carbonyl (C=O) groups is 1. The van der Waals surface area contributed by atoms with E-state index in [1.807, 2.05) is 11.4 Å². The minimum Gasteiger partial charge on any atom is -0.293 e. The molecule has 1 heterocycles. The van der Waals surface area contributed by atoms with Crippen LogP contribution >= 0.6 is 27.3 Å². The highest BCUT2D eigenvalue weighted by atomic mass is 79.9. The van der Waals surface area contributed by atoms with Crippen molar-refractivity contribution in [2.24, 2.45) is 0 Å². The van der Waals surface area contributed by atoms with Crippen LogP contribution < -0.4 is 0 Å². The fourth-order valence-electron chi connectivity index (χ4n) is 1.83. The summed E-state index contributed by atoms with van der Waals surface area (Å²) in [5.41, 5.74) is 0. The Balaban J connectivity index is 2.05. The lowest BCUT2D eigenvalue weighted by Crippen LogP contribution is -1.95. The lowest BCUT2D eigenvalue weighted by molar-refractivity contribution is 0.0983. The first-order valence-electron chi connectivity index (χ1n) is 6.51. The molecule has 0 saturated carbocycles. The fraction of sp³-hybridized carbons (Fsp3) is 0.643. The molecule has 0 atom stereocenters. The van der Waals surface area contributed by atoms with E-state index in [-0.39, 0.29) is 0 Å². The summed E-state index contributed by atoms with van der Waals surface area (Å²) in [6.45, 7) is 2.23. The number of carbonyl (C=O) groups excluding carboxylic acids is 1. The molecule has 0 bridgehead atoms. The molecule has 0 aromatic carbocycles. The zero-order valence-corrected chi connectivity index (χ0v) is 12.9. The average molecular weight is 317 g/mol. The molecule has 0 amide bonds. The van der Waals surface area contributed by atoms with Crippen molar-refractivity contribution in [2.45, 2.75) is 58.3 Å². The summed E-state index contributed by atoms with van der Waals surface area (Å²) in [5, 5.41) is 1.97. The maximum atomic E-state index is 11.8. The number of ketones is 1. The highest BCUT2D eigenvalue weighted by molar-refractivity contribution is 9.10. The molecule has 0 unspecified atom stereocenters.